The minimum Gasteiger partial charge on any atom is -0.480 e. The van der Waals surface area contributed by atoms with Crippen LogP contribution in [0.15, 0.2) is 47.2 Å². The van der Waals surface area contributed by atoms with Gasteiger partial charge < -0.3 is 10.0 Å². The first-order chi connectivity index (χ1) is 10.5. The van der Waals surface area contributed by atoms with Crippen LogP contribution in [0.3, 0.4) is 0 Å². The summed E-state index contributed by atoms with van der Waals surface area (Å²) in [6.45, 7) is 1.58. The molecule has 1 N–H and O–H groups in total. The molecule has 1 aromatic heterocycles. The molecule has 2 rings (SSSR count). The predicted molar refractivity (Wildman–Crippen MR) is 84.1 cm³/mol. The summed E-state index contributed by atoms with van der Waals surface area (Å²) in [5, 5.41) is 13.1. The van der Waals surface area contributed by atoms with Crippen molar-refractivity contribution in [1.82, 2.24) is 14.7 Å². The molecule has 1 amide bonds. The van der Waals surface area contributed by atoms with Crippen molar-refractivity contribution in [2.45, 2.75) is 19.5 Å². The molecule has 22 heavy (non-hydrogen) atoms. The quantitative estimate of drug-likeness (QED) is 0.852. The standard InChI is InChI=1S/C15H16BrN3O3/c1-11(19-7-3-6-17-19)15(22)18(10-14(20)21)9-12-4-2-5-13(16)8-12/h2-8,11H,9-10H2,1H3,(H,20,21). The monoisotopic (exact) mass is 365 g/mol. The van der Waals surface area contributed by atoms with E-state index >= 15 is 0 Å². The summed E-state index contributed by atoms with van der Waals surface area (Å²) in [6.07, 6.45) is 3.26. The molecule has 1 aromatic carbocycles. The van der Waals surface area contributed by atoms with Gasteiger partial charge in [-0.2, -0.15) is 5.10 Å². The number of carbonyl (C=O) groups excluding carboxylic acids is 1. The van der Waals surface area contributed by atoms with Crippen LogP contribution < -0.4 is 0 Å². The molecule has 1 atom stereocenters. The van der Waals surface area contributed by atoms with E-state index in [1.807, 2.05) is 24.3 Å². The number of carboxylic acid groups (broad SMARTS) is 1. The number of aromatic nitrogens is 2. The molecule has 0 saturated carbocycles. The first kappa shape index (κ1) is 16.2. The Hall–Kier alpha value is -2.15. The van der Waals surface area contributed by atoms with Gasteiger partial charge >= 0.3 is 5.97 Å². The van der Waals surface area contributed by atoms with Gasteiger partial charge in [-0.3, -0.25) is 14.3 Å². The zero-order valence-corrected chi connectivity index (χ0v) is 13.6. The van der Waals surface area contributed by atoms with Crippen LogP contribution in [0, 0.1) is 0 Å². The summed E-state index contributed by atoms with van der Waals surface area (Å²) in [6, 6.07) is 8.60. The fraction of sp³-hybridized carbons (Fsp3) is 0.267. The molecule has 0 spiro atoms. The topological polar surface area (TPSA) is 75.4 Å². The van der Waals surface area contributed by atoms with E-state index in [1.54, 1.807) is 25.4 Å². The highest BCUT2D eigenvalue weighted by Crippen LogP contribution is 2.16. The van der Waals surface area contributed by atoms with Gasteiger partial charge in [-0.25, -0.2) is 0 Å². The van der Waals surface area contributed by atoms with Gasteiger partial charge in [0.05, 0.1) is 0 Å². The van der Waals surface area contributed by atoms with Gasteiger partial charge in [0.25, 0.3) is 0 Å². The van der Waals surface area contributed by atoms with Crippen LogP contribution in [0.2, 0.25) is 0 Å². The number of nitrogens with zero attached hydrogens (tertiary/aromatic N) is 3. The van der Waals surface area contributed by atoms with Crippen molar-refractivity contribution >= 4 is 27.8 Å². The highest BCUT2D eigenvalue weighted by Gasteiger charge is 2.24. The molecule has 6 nitrogen and oxygen atoms in total. The number of carbonyl (C=O) groups is 2. The Morgan fingerprint density at radius 3 is 2.77 bits per heavy atom. The number of benzene rings is 1. The first-order valence-electron chi connectivity index (χ1n) is 6.71. The molecule has 1 heterocycles. The zero-order chi connectivity index (χ0) is 16.1. The molecule has 0 aliphatic rings. The van der Waals surface area contributed by atoms with Crippen molar-refractivity contribution < 1.29 is 14.7 Å². The number of carboxylic acids is 1. The second-order valence-electron chi connectivity index (χ2n) is 4.88. The van der Waals surface area contributed by atoms with Gasteiger partial charge in [0.1, 0.15) is 12.6 Å². The van der Waals surface area contributed by atoms with E-state index in [9.17, 15) is 9.59 Å². The Morgan fingerprint density at radius 2 is 2.18 bits per heavy atom. The van der Waals surface area contributed by atoms with Crippen LogP contribution in [-0.2, 0) is 16.1 Å². The minimum absolute atomic E-state index is 0.232. The van der Waals surface area contributed by atoms with Gasteiger partial charge in [-0.1, -0.05) is 28.1 Å². The van der Waals surface area contributed by atoms with Gasteiger partial charge in [0.15, 0.2) is 0 Å². The van der Waals surface area contributed by atoms with Crippen molar-refractivity contribution in [3.05, 3.63) is 52.8 Å². The number of amides is 1. The fourth-order valence-electron chi connectivity index (χ4n) is 2.12. The molecule has 0 aliphatic carbocycles. The third-order valence-corrected chi connectivity index (χ3v) is 3.67. The summed E-state index contributed by atoms with van der Waals surface area (Å²) in [5.74, 6) is -1.33. The average molecular weight is 366 g/mol. The molecule has 0 fully saturated rings. The third-order valence-electron chi connectivity index (χ3n) is 3.18. The molecule has 2 aromatic rings. The van der Waals surface area contributed by atoms with E-state index in [0.717, 1.165) is 10.0 Å². The lowest BCUT2D eigenvalue weighted by Crippen LogP contribution is -2.39. The van der Waals surface area contributed by atoms with Crippen molar-refractivity contribution in [1.29, 1.82) is 0 Å². The number of aliphatic carboxylic acids is 1. The van der Waals surface area contributed by atoms with E-state index < -0.39 is 12.0 Å². The largest absolute Gasteiger partial charge is 0.480 e. The van der Waals surface area contributed by atoms with E-state index in [4.69, 9.17) is 5.11 Å². The lowest BCUT2D eigenvalue weighted by Gasteiger charge is -2.24. The summed E-state index contributed by atoms with van der Waals surface area (Å²) in [5.41, 5.74) is 0.858. The Labute approximate surface area is 136 Å². The lowest BCUT2D eigenvalue weighted by atomic mass is 10.2. The van der Waals surface area contributed by atoms with Crippen molar-refractivity contribution in [2.75, 3.05) is 6.54 Å². The molecular weight excluding hydrogens is 350 g/mol. The molecule has 7 heteroatoms. The number of halogens is 1. The molecular formula is C15H16BrN3O3. The van der Waals surface area contributed by atoms with Crippen LogP contribution in [0.5, 0.6) is 0 Å². The highest BCUT2D eigenvalue weighted by atomic mass is 79.9. The molecule has 1 unspecified atom stereocenters. The first-order valence-corrected chi connectivity index (χ1v) is 7.51. The van der Waals surface area contributed by atoms with Crippen LogP contribution in [0.4, 0.5) is 0 Å². The molecule has 0 bridgehead atoms. The van der Waals surface area contributed by atoms with E-state index in [1.165, 1.54) is 9.58 Å². The smallest absolute Gasteiger partial charge is 0.323 e. The van der Waals surface area contributed by atoms with Crippen LogP contribution in [0.1, 0.15) is 18.5 Å². The predicted octanol–water partition coefficient (Wildman–Crippen LogP) is 2.32. The fourth-order valence-corrected chi connectivity index (χ4v) is 2.56. The van der Waals surface area contributed by atoms with Crippen LogP contribution in [0.25, 0.3) is 0 Å². The second-order valence-corrected chi connectivity index (χ2v) is 5.80. The Morgan fingerprint density at radius 1 is 1.41 bits per heavy atom. The van der Waals surface area contributed by atoms with E-state index in [0.29, 0.717) is 0 Å². The number of rotatable bonds is 6. The van der Waals surface area contributed by atoms with Crippen LogP contribution >= 0.6 is 15.9 Å². The molecule has 0 radical (unpaired) electrons. The van der Waals surface area contributed by atoms with E-state index in [2.05, 4.69) is 21.0 Å². The van der Waals surface area contributed by atoms with Crippen molar-refractivity contribution in [3.63, 3.8) is 0 Å². The Balaban J connectivity index is 2.18. The third kappa shape index (κ3) is 4.17. The number of hydrogen-bond acceptors (Lipinski definition) is 3. The maximum atomic E-state index is 12.6. The second kappa shape index (κ2) is 7.22. The minimum atomic E-state index is -1.05. The zero-order valence-electron chi connectivity index (χ0n) is 12.0. The summed E-state index contributed by atoms with van der Waals surface area (Å²) in [7, 11) is 0. The summed E-state index contributed by atoms with van der Waals surface area (Å²) in [4.78, 5) is 24.9. The van der Waals surface area contributed by atoms with E-state index in [-0.39, 0.29) is 19.0 Å². The number of hydrogen-bond donors (Lipinski definition) is 1. The lowest BCUT2D eigenvalue weighted by molar-refractivity contribution is -0.146. The van der Waals surface area contributed by atoms with Gasteiger partial charge in [0.2, 0.25) is 5.91 Å². The molecule has 116 valence electrons. The summed E-state index contributed by atoms with van der Waals surface area (Å²) < 4.78 is 2.39. The van der Waals surface area contributed by atoms with Crippen LogP contribution in [-0.4, -0.2) is 38.2 Å². The Bertz CT molecular complexity index is 658. The molecule has 0 aliphatic heterocycles. The average Bonchev–Trinajstić information content (AvgIpc) is 2.98. The van der Waals surface area contributed by atoms with Crippen molar-refractivity contribution in [3.8, 4) is 0 Å². The molecule has 0 saturated heterocycles. The maximum absolute atomic E-state index is 12.6. The highest BCUT2D eigenvalue weighted by molar-refractivity contribution is 9.10. The summed E-state index contributed by atoms with van der Waals surface area (Å²) >= 11 is 3.37. The normalized spacial score (nSPS) is 11.9. The van der Waals surface area contributed by atoms with Gasteiger partial charge in [-0.05, 0) is 30.7 Å². The van der Waals surface area contributed by atoms with Crippen molar-refractivity contribution in [2.24, 2.45) is 0 Å². The van der Waals surface area contributed by atoms with Gasteiger partial charge in [-0.15, -0.1) is 0 Å². The Kier molecular flexibility index (Phi) is 5.32. The SMILES string of the molecule is CC(C(=O)N(CC(=O)O)Cc1cccc(Br)c1)n1cccn1. The van der Waals surface area contributed by atoms with Gasteiger partial charge in [0, 0.05) is 23.4 Å². The maximum Gasteiger partial charge on any atom is 0.323 e.